The zero-order valence-electron chi connectivity index (χ0n) is 17.3. The predicted molar refractivity (Wildman–Crippen MR) is 109 cm³/mol. The lowest BCUT2D eigenvalue weighted by molar-refractivity contribution is -0.139. The second-order valence-corrected chi connectivity index (χ2v) is 9.37. The monoisotopic (exact) mass is 469 g/mol. The van der Waals surface area contributed by atoms with Crippen LogP contribution in [0.4, 0.5) is 19.0 Å². The molecule has 0 aliphatic carbocycles. The third-order valence-electron chi connectivity index (χ3n) is 5.22. The molecule has 1 aliphatic rings. The van der Waals surface area contributed by atoms with Crippen molar-refractivity contribution in [3.05, 3.63) is 41.6 Å². The number of carbonyl (C=O) groups is 1. The summed E-state index contributed by atoms with van der Waals surface area (Å²) in [6.07, 6.45) is -4.23. The number of hydrogen-bond acceptors (Lipinski definition) is 5. The van der Waals surface area contributed by atoms with Crippen LogP contribution >= 0.6 is 0 Å². The Morgan fingerprint density at radius 2 is 1.94 bits per heavy atom. The molecule has 1 aliphatic heterocycles. The second-order valence-electron chi connectivity index (χ2n) is 7.46. The minimum Gasteiger partial charge on any atom is -0.311 e. The Hall–Kier alpha value is -2.91. The van der Waals surface area contributed by atoms with E-state index in [9.17, 15) is 26.4 Å². The number of anilines is 1. The predicted octanol–water partition coefficient (Wildman–Crippen LogP) is 3.16. The van der Waals surface area contributed by atoms with E-state index in [1.54, 1.807) is 13.0 Å². The molecule has 0 bridgehead atoms. The molecule has 3 rings (SSSR count). The molecule has 1 amide bonds. The van der Waals surface area contributed by atoms with Gasteiger partial charge in [0, 0.05) is 25.1 Å². The smallest absolute Gasteiger partial charge is 0.311 e. The standard InChI is InChI=1S/C20H22F3N5O3S/c1-14-13-18(28(26-14)10-4-9-24)25-19(29)15-7-11-27(12-8-15)32(30,31)17-6-3-2-5-16(17)20(21,22)23/h2-3,5-6,13,15H,4,7-8,10-12H2,1H3,(H,25,29). The number of sulfonamides is 1. The SMILES string of the molecule is Cc1cc(NC(=O)C2CCN(S(=O)(=O)c3ccccc3C(F)(F)F)CC2)n(CCC#N)n1. The highest BCUT2D eigenvalue weighted by atomic mass is 32.2. The number of aryl methyl sites for hydroxylation is 2. The van der Waals surface area contributed by atoms with E-state index in [0.29, 0.717) is 18.1 Å². The van der Waals surface area contributed by atoms with Crippen LogP contribution in [0.5, 0.6) is 0 Å². The number of piperidine rings is 1. The van der Waals surface area contributed by atoms with Gasteiger partial charge in [-0.3, -0.25) is 4.79 Å². The van der Waals surface area contributed by atoms with E-state index >= 15 is 0 Å². The molecular formula is C20H22F3N5O3S. The molecular weight excluding hydrogens is 447 g/mol. The number of rotatable bonds is 6. The number of nitrogens with zero attached hydrogens (tertiary/aromatic N) is 4. The molecule has 8 nitrogen and oxygen atoms in total. The number of alkyl halides is 3. The van der Waals surface area contributed by atoms with Crippen LogP contribution in [-0.2, 0) is 27.5 Å². The molecule has 0 spiro atoms. The van der Waals surface area contributed by atoms with Crippen molar-refractivity contribution in [1.29, 1.82) is 5.26 Å². The molecule has 32 heavy (non-hydrogen) atoms. The summed E-state index contributed by atoms with van der Waals surface area (Å²) in [5.41, 5.74) is -0.539. The van der Waals surface area contributed by atoms with Crippen molar-refractivity contribution >= 4 is 21.7 Å². The van der Waals surface area contributed by atoms with E-state index in [1.807, 2.05) is 6.07 Å². The molecule has 2 aromatic rings. The molecule has 1 fully saturated rings. The summed E-state index contributed by atoms with van der Waals surface area (Å²) in [7, 11) is -4.36. The minimum atomic E-state index is -4.80. The highest BCUT2D eigenvalue weighted by Gasteiger charge is 2.40. The van der Waals surface area contributed by atoms with Crippen molar-refractivity contribution in [2.75, 3.05) is 18.4 Å². The van der Waals surface area contributed by atoms with Gasteiger partial charge in [0.1, 0.15) is 5.82 Å². The van der Waals surface area contributed by atoms with E-state index in [0.717, 1.165) is 22.5 Å². The van der Waals surface area contributed by atoms with Gasteiger partial charge in [-0.05, 0) is 31.9 Å². The van der Waals surface area contributed by atoms with Gasteiger partial charge in [0.15, 0.2) is 0 Å². The third kappa shape index (κ3) is 5.11. The topological polar surface area (TPSA) is 108 Å². The Bertz CT molecular complexity index is 1130. The summed E-state index contributed by atoms with van der Waals surface area (Å²) in [6.45, 7) is 1.93. The lowest BCUT2D eigenvalue weighted by Crippen LogP contribution is -2.42. The van der Waals surface area contributed by atoms with Crippen molar-refractivity contribution in [2.24, 2.45) is 5.92 Å². The van der Waals surface area contributed by atoms with Crippen LogP contribution in [0.2, 0.25) is 0 Å². The van der Waals surface area contributed by atoms with Crippen molar-refractivity contribution in [2.45, 2.75) is 43.8 Å². The number of nitriles is 1. The zero-order valence-corrected chi connectivity index (χ0v) is 18.1. The average molecular weight is 469 g/mol. The van der Waals surface area contributed by atoms with Crippen LogP contribution in [0.25, 0.3) is 0 Å². The van der Waals surface area contributed by atoms with Gasteiger partial charge in [0.05, 0.1) is 35.2 Å². The number of carbonyl (C=O) groups excluding carboxylic acids is 1. The molecule has 1 N–H and O–H groups in total. The summed E-state index contributed by atoms with van der Waals surface area (Å²) in [4.78, 5) is 11.9. The van der Waals surface area contributed by atoms with Crippen LogP contribution in [-0.4, -0.2) is 41.5 Å². The summed E-state index contributed by atoms with van der Waals surface area (Å²) in [5, 5.41) is 15.7. The quantitative estimate of drug-likeness (QED) is 0.699. The van der Waals surface area contributed by atoms with Gasteiger partial charge >= 0.3 is 6.18 Å². The first-order chi connectivity index (χ1) is 15.0. The fraction of sp³-hybridized carbons (Fsp3) is 0.450. The largest absolute Gasteiger partial charge is 0.417 e. The molecule has 1 saturated heterocycles. The summed E-state index contributed by atoms with van der Waals surface area (Å²) >= 11 is 0. The van der Waals surface area contributed by atoms with Crippen molar-refractivity contribution in [1.82, 2.24) is 14.1 Å². The van der Waals surface area contributed by atoms with Gasteiger partial charge in [-0.15, -0.1) is 0 Å². The van der Waals surface area contributed by atoms with Crippen molar-refractivity contribution in [3.8, 4) is 6.07 Å². The number of nitrogens with one attached hydrogen (secondary N) is 1. The maximum Gasteiger partial charge on any atom is 0.417 e. The minimum absolute atomic E-state index is 0.0701. The lowest BCUT2D eigenvalue weighted by atomic mass is 9.97. The lowest BCUT2D eigenvalue weighted by Gasteiger charge is -2.31. The summed E-state index contributed by atoms with van der Waals surface area (Å²) in [5.74, 6) is -0.383. The first-order valence-corrected chi connectivity index (χ1v) is 11.4. The van der Waals surface area contributed by atoms with Crippen molar-refractivity contribution < 1.29 is 26.4 Å². The van der Waals surface area contributed by atoms with Gasteiger partial charge in [-0.2, -0.15) is 27.8 Å². The summed E-state index contributed by atoms with van der Waals surface area (Å²) < 4.78 is 68.0. The normalized spacial score (nSPS) is 16.0. The average Bonchev–Trinajstić information content (AvgIpc) is 3.10. The van der Waals surface area contributed by atoms with Crippen LogP contribution in [0.3, 0.4) is 0 Å². The molecule has 0 unspecified atom stereocenters. The van der Waals surface area contributed by atoms with E-state index in [1.165, 1.54) is 10.7 Å². The maximum atomic E-state index is 13.3. The molecule has 1 aromatic carbocycles. The molecule has 1 aromatic heterocycles. The zero-order chi connectivity index (χ0) is 23.5. The Kier molecular flexibility index (Phi) is 6.90. The van der Waals surface area contributed by atoms with Gasteiger partial charge in [-0.1, -0.05) is 12.1 Å². The van der Waals surface area contributed by atoms with E-state index < -0.39 is 32.6 Å². The Morgan fingerprint density at radius 1 is 1.28 bits per heavy atom. The molecule has 0 saturated carbocycles. The van der Waals surface area contributed by atoms with E-state index in [-0.39, 0.29) is 38.3 Å². The molecule has 172 valence electrons. The molecule has 0 atom stereocenters. The van der Waals surface area contributed by atoms with Crippen LogP contribution in [0.15, 0.2) is 35.2 Å². The fourth-order valence-corrected chi connectivity index (χ4v) is 5.31. The number of amides is 1. The van der Waals surface area contributed by atoms with Crippen LogP contribution in [0.1, 0.15) is 30.5 Å². The van der Waals surface area contributed by atoms with Gasteiger partial charge in [0.25, 0.3) is 0 Å². The maximum absolute atomic E-state index is 13.3. The number of aromatic nitrogens is 2. The Morgan fingerprint density at radius 3 is 2.56 bits per heavy atom. The van der Waals surface area contributed by atoms with Gasteiger partial charge in [-0.25, -0.2) is 13.1 Å². The Labute approximate surface area is 183 Å². The van der Waals surface area contributed by atoms with Crippen LogP contribution in [0, 0.1) is 24.2 Å². The van der Waals surface area contributed by atoms with Gasteiger partial charge < -0.3 is 5.32 Å². The van der Waals surface area contributed by atoms with E-state index in [4.69, 9.17) is 5.26 Å². The second kappa shape index (κ2) is 9.30. The number of hydrogen-bond donors (Lipinski definition) is 1. The van der Waals surface area contributed by atoms with Gasteiger partial charge in [0.2, 0.25) is 15.9 Å². The number of halogens is 3. The molecule has 2 heterocycles. The summed E-state index contributed by atoms with van der Waals surface area (Å²) in [6, 6.07) is 7.76. The molecule has 0 radical (unpaired) electrons. The Balaban J connectivity index is 1.68. The van der Waals surface area contributed by atoms with E-state index in [2.05, 4.69) is 10.4 Å². The third-order valence-corrected chi connectivity index (χ3v) is 7.18. The highest BCUT2D eigenvalue weighted by Crippen LogP contribution is 2.36. The fourth-order valence-electron chi connectivity index (χ4n) is 3.62. The molecule has 12 heteroatoms. The van der Waals surface area contributed by atoms with Crippen LogP contribution < -0.4 is 5.32 Å². The van der Waals surface area contributed by atoms with Crippen molar-refractivity contribution in [3.63, 3.8) is 0 Å². The first-order valence-electron chi connectivity index (χ1n) is 9.92. The highest BCUT2D eigenvalue weighted by molar-refractivity contribution is 7.89. The first kappa shape index (κ1) is 23.7. The number of benzene rings is 1.